The first-order valence-electron chi connectivity index (χ1n) is 6.48. The Balaban J connectivity index is 2.87. The maximum Gasteiger partial charge on any atom is 0.417 e. The van der Waals surface area contributed by atoms with E-state index in [0.29, 0.717) is 31.2 Å². The van der Waals surface area contributed by atoms with Gasteiger partial charge in [-0.2, -0.15) is 13.2 Å². The van der Waals surface area contributed by atoms with Crippen molar-refractivity contribution in [3.05, 3.63) is 23.9 Å². The minimum atomic E-state index is -4.40. The van der Waals surface area contributed by atoms with Crippen molar-refractivity contribution < 1.29 is 18.4 Å². The molecule has 0 aliphatic carbocycles. The number of amidine groups is 1. The van der Waals surface area contributed by atoms with Gasteiger partial charge >= 0.3 is 6.18 Å². The molecule has 1 aromatic rings. The maximum absolute atomic E-state index is 12.5. The Hall–Kier alpha value is -1.99. The van der Waals surface area contributed by atoms with Gasteiger partial charge in [-0.25, -0.2) is 4.98 Å². The summed E-state index contributed by atoms with van der Waals surface area (Å²) in [5.41, 5.74) is 4.63. The molecule has 0 atom stereocenters. The van der Waals surface area contributed by atoms with E-state index in [0.717, 1.165) is 12.3 Å². The zero-order valence-corrected chi connectivity index (χ0v) is 11.9. The minimum Gasteiger partial charge on any atom is -0.409 e. The van der Waals surface area contributed by atoms with Crippen LogP contribution in [0.3, 0.4) is 0 Å². The molecule has 5 nitrogen and oxygen atoms in total. The number of halogens is 3. The molecule has 3 N–H and O–H groups in total. The molecule has 0 spiro atoms. The normalized spacial score (nSPS) is 12.8. The van der Waals surface area contributed by atoms with E-state index < -0.39 is 11.7 Å². The lowest BCUT2D eigenvalue weighted by Crippen LogP contribution is -2.32. The third kappa shape index (κ3) is 5.49. The Bertz CT molecular complexity index is 471. The van der Waals surface area contributed by atoms with Crippen LogP contribution in [0.25, 0.3) is 0 Å². The molecule has 1 heterocycles. The highest BCUT2D eigenvalue weighted by atomic mass is 19.4. The standard InChI is InChI=1S/C13H19F3N4O/c1-9(2)8-20(6-5-11(17)19-21)12-4-3-10(7-18-12)13(14,15)16/h3-4,7,9,21H,5-6,8H2,1-2H3,(H2,17,19). The molecular weight excluding hydrogens is 285 g/mol. The SMILES string of the molecule is CC(C)CN(CCC(N)=NO)c1ccc(C(F)(F)F)cn1. The summed E-state index contributed by atoms with van der Waals surface area (Å²) in [6.45, 7) is 4.99. The summed E-state index contributed by atoms with van der Waals surface area (Å²) < 4.78 is 37.6. The van der Waals surface area contributed by atoms with Crippen molar-refractivity contribution in [2.75, 3.05) is 18.0 Å². The Morgan fingerprint density at radius 1 is 1.43 bits per heavy atom. The van der Waals surface area contributed by atoms with Crippen LogP contribution in [0.2, 0.25) is 0 Å². The Labute approximate surface area is 121 Å². The second-order valence-corrected chi connectivity index (χ2v) is 5.08. The van der Waals surface area contributed by atoms with Crippen LogP contribution >= 0.6 is 0 Å². The summed E-state index contributed by atoms with van der Waals surface area (Å²) in [4.78, 5) is 5.67. The predicted octanol–water partition coefficient (Wildman–Crippen LogP) is 2.70. The Kier molecular flexibility index (Phi) is 5.80. The maximum atomic E-state index is 12.5. The van der Waals surface area contributed by atoms with Gasteiger partial charge in [-0.3, -0.25) is 0 Å². The van der Waals surface area contributed by atoms with Crippen LogP contribution in [-0.4, -0.2) is 29.1 Å². The molecule has 0 radical (unpaired) electrons. The molecule has 0 amide bonds. The fourth-order valence-electron chi connectivity index (χ4n) is 1.78. The molecule has 0 unspecified atom stereocenters. The number of hydrogen-bond donors (Lipinski definition) is 2. The molecular formula is C13H19F3N4O. The first kappa shape index (κ1) is 17.1. The van der Waals surface area contributed by atoms with Gasteiger partial charge in [0.15, 0.2) is 0 Å². The van der Waals surface area contributed by atoms with Crippen LogP contribution in [0.15, 0.2) is 23.5 Å². The van der Waals surface area contributed by atoms with E-state index in [1.54, 1.807) is 0 Å². The molecule has 1 rings (SSSR count). The average molecular weight is 304 g/mol. The van der Waals surface area contributed by atoms with Gasteiger partial charge < -0.3 is 15.8 Å². The third-order valence-corrected chi connectivity index (χ3v) is 2.75. The number of anilines is 1. The minimum absolute atomic E-state index is 0.0654. The summed E-state index contributed by atoms with van der Waals surface area (Å²) in [6, 6.07) is 2.33. The number of nitrogens with two attached hydrogens (primary N) is 1. The van der Waals surface area contributed by atoms with E-state index in [9.17, 15) is 13.2 Å². The van der Waals surface area contributed by atoms with Crippen LogP contribution in [0.5, 0.6) is 0 Å². The van der Waals surface area contributed by atoms with E-state index in [2.05, 4.69) is 10.1 Å². The largest absolute Gasteiger partial charge is 0.417 e. The van der Waals surface area contributed by atoms with E-state index in [1.165, 1.54) is 6.07 Å². The lowest BCUT2D eigenvalue weighted by molar-refractivity contribution is -0.137. The highest BCUT2D eigenvalue weighted by Gasteiger charge is 2.30. The zero-order valence-electron chi connectivity index (χ0n) is 11.9. The summed E-state index contributed by atoms with van der Waals surface area (Å²) in [5.74, 6) is 0.791. The molecule has 0 aromatic carbocycles. The number of oxime groups is 1. The van der Waals surface area contributed by atoms with E-state index in [-0.39, 0.29) is 5.84 Å². The van der Waals surface area contributed by atoms with Crippen molar-refractivity contribution in [2.45, 2.75) is 26.4 Å². The quantitative estimate of drug-likeness (QED) is 0.367. The lowest BCUT2D eigenvalue weighted by Gasteiger charge is -2.25. The third-order valence-electron chi connectivity index (χ3n) is 2.75. The monoisotopic (exact) mass is 304 g/mol. The zero-order chi connectivity index (χ0) is 16.0. The van der Waals surface area contributed by atoms with Crippen LogP contribution in [0.1, 0.15) is 25.8 Å². The van der Waals surface area contributed by atoms with E-state index >= 15 is 0 Å². The molecule has 0 saturated heterocycles. The van der Waals surface area contributed by atoms with Crippen molar-refractivity contribution in [3.8, 4) is 0 Å². The molecule has 1 aromatic heterocycles. The van der Waals surface area contributed by atoms with Gasteiger partial charge in [0.2, 0.25) is 0 Å². The topological polar surface area (TPSA) is 74.7 Å². The molecule has 0 bridgehead atoms. The number of rotatable bonds is 6. The van der Waals surface area contributed by atoms with Crippen molar-refractivity contribution in [2.24, 2.45) is 16.8 Å². The fourth-order valence-corrected chi connectivity index (χ4v) is 1.78. The van der Waals surface area contributed by atoms with Gasteiger partial charge in [-0.1, -0.05) is 19.0 Å². The van der Waals surface area contributed by atoms with Crippen molar-refractivity contribution in [1.82, 2.24) is 4.98 Å². The van der Waals surface area contributed by atoms with Gasteiger partial charge in [-0.15, -0.1) is 0 Å². The lowest BCUT2D eigenvalue weighted by atomic mass is 10.2. The highest BCUT2D eigenvalue weighted by Crippen LogP contribution is 2.29. The van der Waals surface area contributed by atoms with Crippen LogP contribution < -0.4 is 10.6 Å². The number of aromatic nitrogens is 1. The molecule has 21 heavy (non-hydrogen) atoms. The Morgan fingerprint density at radius 3 is 2.52 bits per heavy atom. The molecule has 118 valence electrons. The highest BCUT2D eigenvalue weighted by molar-refractivity contribution is 5.80. The fraction of sp³-hybridized carbons (Fsp3) is 0.538. The smallest absolute Gasteiger partial charge is 0.409 e. The van der Waals surface area contributed by atoms with Crippen LogP contribution in [0.4, 0.5) is 19.0 Å². The second-order valence-electron chi connectivity index (χ2n) is 5.08. The molecule has 0 saturated carbocycles. The molecule has 8 heteroatoms. The number of nitrogens with zero attached hydrogens (tertiary/aromatic N) is 3. The predicted molar refractivity (Wildman–Crippen MR) is 74.3 cm³/mol. The van der Waals surface area contributed by atoms with Crippen molar-refractivity contribution in [3.63, 3.8) is 0 Å². The molecule has 0 aliphatic rings. The van der Waals surface area contributed by atoms with Gasteiger partial charge in [-0.05, 0) is 18.1 Å². The first-order valence-corrected chi connectivity index (χ1v) is 6.48. The Morgan fingerprint density at radius 2 is 2.10 bits per heavy atom. The summed E-state index contributed by atoms with van der Waals surface area (Å²) in [5, 5.41) is 11.4. The number of pyridine rings is 1. The van der Waals surface area contributed by atoms with Gasteiger partial charge in [0.1, 0.15) is 11.7 Å². The van der Waals surface area contributed by atoms with E-state index in [4.69, 9.17) is 10.9 Å². The van der Waals surface area contributed by atoms with Crippen LogP contribution in [-0.2, 0) is 6.18 Å². The van der Waals surface area contributed by atoms with Gasteiger partial charge in [0, 0.05) is 25.7 Å². The molecule has 0 fully saturated rings. The summed E-state index contributed by atoms with van der Waals surface area (Å²) >= 11 is 0. The summed E-state index contributed by atoms with van der Waals surface area (Å²) in [6.07, 6.45) is -3.29. The first-order chi connectivity index (χ1) is 9.74. The summed E-state index contributed by atoms with van der Waals surface area (Å²) in [7, 11) is 0. The van der Waals surface area contributed by atoms with Gasteiger partial charge in [0.05, 0.1) is 5.56 Å². The van der Waals surface area contributed by atoms with Gasteiger partial charge in [0.25, 0.3) is 0 Å². The number of hydrogen-bond acceptors (Lipinski definition) is 4. The van der Waals surface area contributed by atoms with Crippen molar-refractivity contribution >= 4 is 11.7 Å². The number of alkyl halides is 3. The van der Waals surface area contributed by atoms with Crippen molar-refractivity contribution in [1.29, 1.82) is 0 Å². The molecule has 0 aliphatic heterocycles. The second kappa shape index (κ2) is 7.14. The average Bonchev–Trinajstić information content (AvgIpc) is 2.41. The van der Waals surface area contributed by atoms with E-state index in [1.807, 2.05) is 18.7 Å². The van der Waals surface area contributed by atoms with Crippen LogP contribution in [0, 0.1) is 5.92 Å².